The van der Waals surface area contributed by atoms with Crippen LogP contribution in [0.25, 0.3) is 0 Å². The molecule has 0 aromatic rings. The van der Waals surface area contributed by atoms with Gasteiger partial charge >= 0.3 is 5.97 Å². The number of ether oxygens (including phenoxy) is 1. The number of nitrogens with one attached hydrogen (secondary N) is 1. The first-order valence-corrected chi connectivity index (χ1v) is 4.72. The van der Waals surface area contributed by atoms with E-state index in [4.69, 9.17) is 0 Å². The lowest BCUT2D eigenvalue weighted by Crippen LogP contribution is -2.35. The van der Waals surface area contributed by atoms with E-state index in [1.54, 1.807) is 0 Å². The summed E-state index contributed by atoms with van der Waals surface area (Å²) in [7, 11) is 1.36. The van der Waals surface area contributed by atoms with Crippen LogP contribution in [-0.2, 0) is 9.53 Å². The molecule has 2 atom stereocenters. The molecular formula is C9H17NO3. The van der Waals surface area contributed by atoms with Gasteiger partial charge in [-0.15, -0.1) is 0 Å². The number of hydrogen-bond donors (Lipinski definition) is 2. The third kappa shape index (κ3) is 3.32. The Morgan fingerprint density at radius 2 is 2.54 bits per heavy atom. The van der Waals surface area contributed by atoms with Gasteiger partial charge < -0.3 is 15.2 Å². The zero-order chi connectivity index (χ0) is 9.68. The standard InChI is InChI=1S/C9H17NO3/c1-13-9(12)5-4-8(11)7-3-2-6-10-7/h7-8,10-11H,2-6H2,1H3/t7-,8+/m0/s1. The molecule has 2 N–H and O–H groups in total. The van der Waals surface area contributed by atoms with Gasteiger partial charge in [0.1, 0.15) is 0 Å². The fourth-order valence-corrected chi connectivity index (χ4v) is 1.61. The summed E-state index contributed by atoms with van der Waals surface area (Å²) in [6.45, 7) is 0.972. The molecule has 0 bridgehead atoms. The van der Waals surface area contributed by atoms with Crippen LogP contribution in [0.5, 0.6) is 0 Å². The van der Waals surface area contributed by atoms with Crippen LogP contribution in [0.2, 0.25) is 0 Å². The van der Waals surface area contributed by atoms with Crippen LogP contribution in [0, 0.1) is 0 Å². The predicted molar refractivity (Wildman–Crippen MR) is 48.3 cm³/mol. The average molecular weight is 187 g/mol. The molecule has 4 heteroatoms. The van der Waals surface area contributed by atoms with Gasteiger partial charge in [0.2, 0.25) is 0 Å². The Hall–Kier alpha value is -0.610. The highest BCUT2D eigenvalue weighted by Gasteiger charge is 2.22. The van der Waals surface area contributed by atoms with Crippen LogP contribution in [0.1, 0.15) is 25.7 Å². The maximum Gasteiger partial charge on any atom is 0.305 e. The smallest absolute Gasteiger partial charge is 0.305 e. The first-order valence-electron chi connectivity index (χ1n) is 4.72. The van der Waals surface area contributed by atoms with Gasteiger partial charge in [0, 0.05) is 12.5 Å². The Morgan fingerprint density at radius 3 is 3.08 bits per heavy atom. The summed E-state index contributed by atoms with van der Waals surface area (Å²) in [5, 5.41) is 12.8. The Labute approximate surface area is 78.3 Å². The maximum atomic E-state index is 10.8. The van der Waals surface area contributed by atoms with Crippen molar-refractivity contribution in [3.8, 4) is 0 Å². The molecule has 1 rings (SSSR count). The number of esters is 1. The number of carbonyl (C=O) groups is 1. The van der Waals surface area contributed by atoms with Crippen molar-refractivity contribution < 1.29 is 14.6 Å². The largest absolute Gasteiger partial charge is 0.469 e. The lowest BCUT2D eigenvalue weighted by molar-refractivity contribution is -0.141. The van der Waals surface area contributed by atoms with Crippen LogP contribution >= 0.6 is 0 Å². The molecule has 1 aliphatic rings. The van der Waals surface area contributed by atoms with E-state index in [9.17, 15) is 9.90 Å². The second-order valence-corrected chi connectivity index (χ2v) is 3.39. The number of aliphatic hydroxyl groups is 1. The van der Waals surface area contributed by atoms with Crippen molar-refractivity contribution in [2.75, 3.05) is 13.7 Å². The summed E-state index contributed by atoms with van der Waals surface area (Å²) >= 11 is 0. The second-order valence-electron chi connectivity index (χ2n) is 3.39. The van der Waals surface area contributed by atoms with Gasteiger partial charge in [-0.3, -0.25) is 4.79 Å². The molecule has 0 amide bonds. The third-order valence-corrected chi connectivity index (χ3v) is 2.43. The van der Waals surface area contributed by atoms with E-state index in [0.29, 0.717) is 12.8 Å². The lowest BCUT2D eigenvalue weighted by atomic mass is 10.0. The monoisotopic (exact) mass is 187 g/mol. The van der Waals surface area contributed by atoms with E-state index in [-0.39, 0.29) is 12.0 Å². The van der Waals surface area contributed by atoms with Crippen molar-refractivity contribution >= 4 is 5.97 Å². The second kappa shape index (κ2) is 5.19. The van der Waals surface area contributed by atoms with Crippen molar-refractivity contribution in [3.63, 3.8) is 0 Å². The molecule has 0 spiro atoms. The number of rotatable bonds is 4. The first kappa shape index (κ1) is 10.5. The van der Waals surface area contributed by atoms with Gasteiger partial charge in [-0.25, -0.2) is 0 Å². The number of carbonyl (C=O) groups excluding carboxylic acids is 1. The summed E-state index contributed by atoms with van der Waals surface area (Å²) in [6.07, 6.45) is 2.49. The first-order chi connectivity index (χ1) is 6.24. The van der Waals surface area contributed by atoms with Crippen LogP contribution in [0.15, 0.2) is 0 Å². The molecule has 0 aliphatic carbocycles. The molecular weight excluding hydrogens is 170 g/mol. The van der Waals surface area contributed by atoms with Crippen molar-refractivity contribution in [1.29, 1.82) is 0 Å². The van der Waals surface area contributed by atoms with Crippen molar-refractivity contribution in [2.24, 2.45) is 0 Å². The molecule has 1 heterocycles. The van der Waals surface area contributed by atoms with Gasteiger partial charge in [0.05, 0.1) is 13.2 Å². The van der Waals surface area contributed by atoms with E-state index in [0.717, 1.165) is 19.4 Å². The number of methoxy groups -OCH3 is 1. The highest BCUT2D eigenvalue weighted by Crippen LogP contribution is 2.13. The molecule has 76 valence electrons. The molecule has 0 radical (unpaired) electrons. The molecule has 0 aromatic heterocycles. The highest BCUT2D eigenvalue weighted by molar-refractivity contribution is 5.69. The zero-order valence-corrected chi connectivity index (χ0v) is 7.95. The van der Waals surface area contributed by atoms with Crippen LogP contribution < -0.4 is 5.32 Å². The fraction of sp³-hybridized carbons (Fsp3) is 0.889. The molecule has 0 aromatic carbocycles. The van der Waals surface area contributed by atoms with Gasteiger partial charge in [-0.1, -0.05) is 0 Å². The molecule has 4 nitrogen and oxygen atoms in total. The van der Waals surface area contributed by atoms with Gasteiger partial charge in [0.15, 0.2) is 0 Å². The lowest BCUT2D eigenvalue weighted by Gasteiger charge is -2.17. The molecule has 1 saturated heterocycles. The van der Waals surface area contributed by atoms with E-state index in [1.807, 2.05) is 0 Å². The zero-order valence-electron chi connectivity index (χ0n) is 7.95. The predicted octanol–water partition coefficient (Wildman–Crippen LogP) is 0.0525. The minimum Gasteiger partial charge on any atom is -0.469 e. The number of hydrogen-bond acceptors (Lipinski definition) is 4. The third-order valence-electron chi connectivity index (χ3n) is 2.43. The van der Waals surface area contributed by atoms with Crippen LogP contribution in [-0.4, -0.2) is 36.9 Å². The normalized spacial score (nSPS) is 24.3. The SMILES string of the molecule is COC(=O)CC[C@@H](O)[C@@H]1CCCN1. The molecule has 13 heavy (non-hydrogen) atoms. The minimum atomic E-state index is -0.415. The van der Waals surface area contributed by atoms with Crippen LogP contribution in [0.4, 0.5) is 0 Å². The van der Waals surface area contributed by atoms with E-state index < -0.39 is 6.10 Å². The number of aliphatic hydroxyl groups excluding tert-OH is 1. The fourth-order valence-electron chi connectivity index (χ4n) is 1.61. The summed E-state index contributed by atoms with van der Waals surface area (Å²) in [4.78, 5) is 10.8. The summed E-state index contributed by atoms with van der Waals surface area (Å²) in [5.74, 6) is -0.253. The topological polar surface area (TPSA) is 58.6 Å². The average Bonchev–Trinajstić information content (AvgIpc) is 2.66. The molecule has 1 fully saturated rings. The maximum absolute atomic E-state index is 10.8. The Balaban J connectivity index is 2.16. The summed E-state index contributed by atoms with van der Waals surface area (Å²) < 4.78 is 4.49. The Morgan fingerprint density at radius 1 is 1.77 bits per heavy atom. The highest BCUT2D eigenvalue weighted by atomic mass is 16.5. The quantitative estimate of drug-likeness (QED) is 0.611. The summed E-state index contributed by atoms with van der Waals surface area (Å²) in [6, 6.07) is 0.171. The van der Waals surface area contributed by atoms with Gasteiger partial charge in [-0.05, 0) is 25.8 Å². The van der Waals surface area contributed by atoms with E-state index in [1.165, 1.54) is 7.11 Å². The van der Waals surface area contributed by atoms with Crippen molar-refractivity contribution in [2.45, 2.75) is 37.8 Å². The van der Waals surface area contributed by atoms with Crippen molar-refractivity contribution in [1.82, 2.24) is 5.32 Å². The molecule has 0 unspecified atom stereocenters. The van der Waals surface area contributed by atoms with Gasteiger partial charge in [0.25, 0.3) is 0 Å². The molecule has 0 saturated carbocycles. The molecule has 1 aliphatic heterocycles. The van der Waals surface area contributed by atoms with E-state index >= 15 is 0 Å². The van der Waals surface area contributed by atoms with Crippen molar-refractivity contribution in [3.05, 3.63) is 0 Å². The van der Waals surface area contributed by atoms with Crippen LogP contribution in [0.3, 0.4) is 0 Å². The van der Waals surface area contributed by atoms with Gasteiger partial charge in [-0.2, -0.15) is 0 Å². The van der Waals surface area contributed by atoms with E-state index in [2.05, 4.69) is 10.1 Å². The summed E-state index contributed by atoms with van der Waals surface area (Å²) in [5.41, 5.74) is 0. The Bertz CT molecular complexity index is 166. The minimum absolute atomic E-state index is 0.171. The Kier molecular flexibility index (Phi) is 4.18.